The van der Waals surface area contributed by atoms with E-state index in [0.717, 1.165) is 45.6 Å². The molecule has 3 aliphatic rings. The van der Waals surface area contributed by atoms with Crippen LogP contribution in [0.15, 0.2) is 18.2 Å². The van der Waals surface area contributed by atoms with Gasteiger partial charge in [-0.15, -0.1) is 0 Å². The number of benzene rings is 1. The highest BCUT2D eigenvalue weighted by Crippen LogP contribution is 2.42. The van der Waals surface area contributed by atoms with Gasteiger partial charge in [-0.3, -0.25) is 0 Å². The van der Waals surface area contributed by atoms with Crippen LogP contribution in [0.2, 0.25) is 0 Å². The maximum absolute atomic E-state index is 6.08. The molecule has 1 aromatic carbocycles. The summed E-state index contributed by atoms with van der Waals surface area (Å²) in [5, 5.41) is 3.55. The molecule has 1 spiro atoms. The zero-order valence-electron chi connectivity index (χ0n) is 12.0. The van der Waals surface area contributed by atoms with Gasteiger partial charge in [0.25, 0.3) is 0 Å². The lowest BCUT2D eigenvalue weighted by Gasteiger charge is -2.38. The van der Waals surface area contributed by atoms with Crippen molar-refractivity contribution in [1.29, 1.82) is 0 Å². The number of nitrogens with one attached hydrogen (secondary N) is 1. The molecule has 108 valence electrons. The molecule has 0 bridgehead atoms. The summed E-state index contributed by atoms with van der Waals surface area (Å²) in [6.45, 7) is 3.64. The first-order valence-corrected chi connectivity index (χ1v) is 7.94. The molecule has 0 aliphatic carbocycles. The molecule has 0 aromatic heterocycles. The normalized spacial score (nSPS) is 32.9. The van der Waals surface area contributed by atoms with E-state index in [-0.39, 0.29) is 5.60 Å². The standard InChI is InChI=1S/C17H23NO2/c1-3-14(15-4-2-8-18-16(15)5-1)13-6-9-20-17(11-13)7-10-19-12-17/h1,3,5,13,18H,2,4,6-12H2. The van der Waals surface area contributed by atoms with Gasteiger partial charge in [0, 0.05) is 31.9 Å². The van der Waals surface area contributed by atoms with Gasteiger partial charge in [0.05, 0.1) is 12.2 Å². The van der Waals surface area contributed by atoms with Crippen molar-refractivity contribution in [3.05, 3.63) is 29.3 Å². The monoisotopic (exact) mass is 273 g/mol. The zero-order valence-corrected chi connectivity index (χ0v) is 12.0. The van der Waals surface area contributed by atoms with Gasteiger partial charge in [0.1, 0.15) is 0 Å². The SMILES string of the molecule is c1cc2c(c(C3CCOC4(CCOC4)C3)c1)CCCN2. The van der Waals surface area contributed by atoms with Gasteiger partial charge in [-0.05, 0) is 48.8 Å². The number of hydrogen-bond donors (Lipinski definition) is 1. The topological polar surface area (TPSA) is 30.5 Å². The van der Waals surface area contributed by atoms with Crippen LogP contribution < -0.4 is 5.32 Å². The largest absolute Gasteiger partial charge is 0.385 e. The second-order valence-electron chi connectivity index (χ2n) is 6.43. The molecule has 2 fully saturated rings. The van der Waals surface area contributed by atoms with Crippen LogP contribution in [0.3, 0.4) is 0 Å². The van der Waals surface area contributed by atoms with Crippen molar-refractivity contribution in [2.75, 3.05) is 31.7 Å². The van der Waals surface area contributed by atoms with Crippen molar-refractivity contribution in [2.45, 2.75) is 43.6 Å². The highest BCUT2D eigenvalue weighted by molar-refractivity contribution is 5.57. The zero-order chi connectivity index (χ0) is 13.4. The highest BCUT2D eigenvalue weighted by Gasteiger charge is 2.41. The lowest BCUT2D eigenvalue weighted by atomic mass is 9.78. The van der Waals surface area contributed by atoms with Crippen LogP contribution in [0, 0.1) is 0 Å². The predicted molar refractivity (Wildman–Crippen MR) is 79.3 cm³/mol. The Hall–Kier alpha value is -1.06. The van der Waals surface area contributed by atoms with Crippen LogP contribution in [-0.2, 0) is 15.9 Å². The van der Waals surface area contributed by atoms with Crippen molar-refractivity contribution in [2.24, 2.45) is 0 Å². The van der Waals surface area contributed by atoms with E-state index < -0.39 is 0 Å². The van der Waals surface area contributed by atoms with Gasteiger partial charge in [-0.2, -0.15) is 0 Å². The molecule has 3 heteroatoms. The summed E-state index contributed by atoms with van der Waals surface area (Å²) < 4.78 is 11.7. The molecule has 0 saturated carbocycles. The van der Waals surface area contributed by atoms with Crippen molar-refractivity contribution < 1.29 is 9.47 Å². The molecule has 2 unspecified atom stereocenters. The maximum atomic E-state index is 6.08. The summed E-state index contributed by atoms with van der Waals surface area (Å²) in [5.41, 5.74) is 4.48. The summed E-state index contributed by atoms with van der Waals surface area (Å²) in [5.74, 6) is 0.639. The fraction of sp³-hybridized carbons (Fsp3) is 0.647. The molecule has 3 aliphatic heterocycles. The number of anilines is 1. The van der Waals surface area contributed by atoms with E-state index in [4.69, 9.17) is 9.47 Å². The first kappa shape index (κ1) is 12.7. The highest BCUT2D eigenvalue weighted by atomic mass is 16.6. The fourth-order valence-electron chi connectivity index (χ4n) is 4.08. The van der Waals surface area contributed by atoms with Crippen molar-refractivity contribution in [1.82, 2.24) is 0 Å². The van der Waals surface area contributed by atoms with E-state index in [1.807, 2.05) is 0 Å². The summed E-state index contributed by atoms with van der Waals surface area (Å²) in [4.78, 5) is 0. The maximum Gasteiger partial charge on any atom is 0.0942 e. The third kappa shape index (κ3) is 2.13. The number of hydrogen-bond acceptors (Lipinski definition) is 3. The Balaban J connectivity index is 1.64. The Morgan fingerprint density at radius 2 is 2.25 bits per heavy atom. The molecule has 3 nitrogen and oxygen atoms in total. The molecular weight excluding hydrogens is 250 g/mol. The van der Waals surface area contributed by atoms with Crippen molar-refractivity contribution in [3.8, 4) is 0 Å². The Morgan fingerprint density at radius 3 is 3.15 bits per heavy atom. The molecule has 2 saturated heterocycles. The quantitative estimate of drug-likeness (QED) is 0.853. The van der Waals surface area contributed by atoms with E-state index in [0.29, 0.717) is 5.92 Å². The number of rotatable bonds is 1. The first-order chi connectivity index (χ1) is 9.86. The van der Waals surface area contributed by atoms with Gasteiger partial charge in [0.2, 0.25) is 0 Å². The smallest absolute Gasteiger partial charge is 0.0942 e. The van der Waals surface area contributed by atoms with Crippen LogP contribution in [0.5, 0.6) is 0 Å². The summed E-state index contributed by atoms with van der Waals surface area (Å²) in [6, 6.07) is 6.77. The average molecular weight is 273 g/mol. The van der Waals surface area contributed by atoms with Crippen molar-refractivity contribution in [3.63, 3.8) is 0 Å². The summed E-state index contributed by atoms with van der Waals surface area (Å²) in [7, 11) is 0. The molecule has 2 atom stereocenters. The van der Waals surface area contributed by atoms with Crippen molar-refractivity contribution >= 4 is 5.69 Å². The minimum atomic E-state index is 0.00768. The predicted octanol–water partition coefficient (Wildman–Crippen LogP) is 3.10. The van der Waals surface area contributed by atoms with E-state index in [2.05, 4.69) is 23.5 Å². The Kier molecular flexibility index (Phi) is 3.20. The van der Waals surface area contributed by atoms with E-state index in [1.165, 1.54) is 18.5 Å². The Labute approximate surface area is 120 Å². The molecule has 1 aromatic rings. The number of fused-ring (bicyclic) bond motifs is 1. The average Bonchev–Trinajstić information content (AvgIpc) is 2.94. The van der Waals surface area contributed by atoms with E-state index >= 15 is 0 Å². The summed E-state index contributed by atoms with van der Waals surface area (Å²) >= 11 is 0. The van der Waals surface area contributed by atoms with Gasteiger partial charge < -0.3 is 14.8 Å². The van der Waals surface area contributed by atoms with E-state index in [9.17, 15) is 0 Å². The Bertz CT molecular complexity index is 494. The molecular formula is C17H23NO2. The fourth-order valence-corrected chi connectivity index (χ4v) is 4.08. The molecule has 3 heterocycles. The van der Waals surface area contributed by atoms with Gasteiger partial charge in [0.15, 0.2) is 0 Å². The lowest BCUT2D eigenvalue weighted by Crippen LogP contribution is -2.39. The summed E-state index contributed by atoms with van der Waals surface area (Å²) in [6.07, 6.45) is 5.82. The van der Waals surface area contributed by atoms with Crippen LogP contribution >= 0.6 is 0 Å². The van der Waals surface area contributed by atoms with Crippen LogP contribution in [-0.4, -0.2) is 32.0 Å². The van der Waals surface area contributed by atoms with Crippen LogP contribution in [0.1, 0.15) is 42.7 Å². The second-order valence-corrected chi connectivity index (χ2v) is 6.43. The second kappa shape index (κ2) is 5.05. The third-order valence-electron chi connectivity index (χ3n) is 5.13. The minimum absolute atomic E-state index is 0.00768. The van der Waals surface area contributed by atoms with Gasteiger partial charge in [-0.1, -0.05) is 12.1 Å². The number of ether oxygens (including phenoxy) is 2. The molecule has 20 heavy (non-hydrogen) atoms. The molecule has 1 N–H and O–H groups in total. The van der Waals surface area contributed by atoms with Crippen LogP contribution in [0.4, 0.5) is 5.69 Å². The lowest BCUT2D eigenvalue weighted by molar-refractivity contribution is -0.0864. The molecule has 0 radical (unpaired) electrons. The van der Waals surface area contributed by atoms with E-state index in [1.54, 1.807) is 11.1 Å². The third-order valence-corrected chi connectivity index (χ3v) is 5.13. The minimum Gasteiger partial charge on any atom is -0.385 e. The Morgan fingerprint density at radius 1 is 1.25 bits per heavy atom. The van der Waals surface area contributed by atoms with Crippen LogP contribution in [0.25, 0.3) is 0 Å². The molecule has 4 rings (SSSR count). The van der Waals surface area contributed by atoms with Gasteiger partial charge in [-0.25, -0.2) is 0 Å². The molecule has 0 amide bonds. The first-order valence-electron chi connectivity index (χ1n) is 7.94. The van der Waals surface area contributed by atoms with Gasteiger partial charge >= 0.3 is 0 Å².